The number of hydrogen-bond acceptors (Lipinski definition) is 4. The van der Waals surface area contributed by atoms with E-state index in [9.17, 15) is 0 Å². The van der Waals surface area contributed by atoms with Gasteiger partial charge in [-0.3, -0.25) is 0 Å². The van der Waals surface area contributed by atoms with Crippen molar-refractivity contribution in [3.63, 3.8) is 0 Å². The Bertz CT molecular complexity index is 502. The minimum absolute atomic E-state index is 0.499. The quantitative estimate of drug-likeness (QED) is 0.594. The zero-order valence-corrected chi connectivity index (χ0v) is 8.58. The van der Waals surface area contributed by atoms with Crippen LogP contribution in [0.25, 0.3) is 11.1 Å². The third-order valence-corrected chi connectivity index (χ3v) is 1.95. The van der Waals surface area contributed by atoms with Crippen LogP contribution in [0.3, 0.4) is 0 Å². The van der Waals surface area contributed by atoms with Gasteiger partial charge in [0, 0.05) is 12.2 Å². The van der Waals surface area contributed by atoms with Gasteiger partial charge >= 0.3 is 0 Å². The maximum absolute atomic E-state index is 5.64. The van der Waals surface area contributed by atoms with Crippen LogP contribution in [0.1, 0.15) is 6.92 Å². The van der Waals surface area contributed by atoms with Crippen molar-refractivity contribution >= 4 is 22.8 Å². The lowest BCUT2D eigenvalue weighted by Crippen LogP contribution is -2.01. The molecule has 4 nitrogen and oxygen atoms in total. The summed E-state index contributed by atoms with van der Waals surface area (Å²) in [6.07, 6.45) is 0. The van der Waals surface area contributed by atoms with Crippen LogP contribution >= 0.6 is 0 Å². The molecular weight excluding hydrogens is 190 g/mol. The van der Waals surface area contributed by atoms with E-state index < -0.39 is 0 Å². The molecule has 2 rings (SSSR count). The van der Waals surface area contributed by atoms with Crippen molar-refractivity contribution in [3.8, 4) is 0 Å². The highest BCUT2D eigenvalue weighted by Gasteiger charge is 2.04. The molecule has 0 radical (unpaired) electrons. The van der Waals surface area contributed by atoms with Gasteiger partial charge in [-0.1, -0.05) is 12.2 Å². The zero-order valence-electron chi connectivity index (χ0n) is 8.58. The van der Waals surface area contributed by atoms with Crippen molar-refractivity contribution in [2.75, 3.05) is 17.6 Å². The van der Waals surface area contributed by atoms with Gasteiger partial charge in [-0.05, 0) is 25.1 Å². The van der Waals surface area contributed by atoms with Crippen LogP contribution in [-0.4, -0.2) is 11.5 Å². The topological polar surface area (TPSA) is 64.1 Å². The van der Waals surface area contributed by atoms with E-state index in [1.165, 1.54) is 0 Å². The molecule has 0 fully saturated rings. The number of nitrogens with two attached hydrogens (primary N) is 1. The Hall–Kier alpha value is -1.97. The number of nitrogen functional groups attached to an aromatic ring is 1. The molecular formula is C11H13N3O. The summed E-state index contributed by atoms with van der Waals surface area (Å²) in [6.45, 7) is 6.38. The number of anilines is 2. The summed E-state index contributed by atoms with van der Waals surface area (Å²) in [5.74, 6) is 0. The van der Waals surface area contributed by atoms with E-state index in [4.69, 9.17) is 10.2 Å². The molecule has 0 unspecified atom stereocenters. The Kier molecular flexibility index (Phi) is 2.33. The molecule has 0 aliphatic heterocycles. The fourth-order valence-electron chi connectivity index (χ4n) is 1.25. The zero-order chi connectivity index (χ0) is 10.8. The summed E-state index contributed by atoms with van der Waals surface area (Å²) in [5, 5.41) is 3.03. The average Bonchev–Trinajstić information content (AvgIpc) is 2.56. The van der Waals surface area contributed by atoms with Gasteiger partial charge < -0.3 is 15.5 Å². The number of nitrogens with zero attached hydrogens (tertiary/aromatic N) is 1. The van der Waals surface area contributed by atoms with Crippen LogP contribution in [-0.2, 0) is 0 Å². The predicted molar refractivity (Wildman–Crippen MR) is 61.7 cm³/mol. The van der Waals surface area contributed by atoms with Gasteiger partial charge in [0.1, 0.15) is 5.52 Å². The van der Waals surface area contributed by atoms with E-state index in [0.29, 0.717) is 18.2 Å². The lowest BCUT2D eigenvalue weighted by Gasteiger charge is -1.98. The first-order valence-corrected chi connectivity index (χ1v) is 4.69. The van der Waals surface area contributed by atoms with E-state index in [-0.39, 0.29) is 0 Å². The van der Waals surface area contributed by atoms with E-state index in [1.54, 1.807) is 12.1 Å². The largest absolute Gasteiger partial charge is 0.424 e. The van der Waals surface area contributed by atoms with Crippen LogP contribution < -0.4 is 11.1 Å². The van der Waals surface area contributed by atoms with E-state index >= 15 is 0 Å². The SMILES string of the molecule is C=C(C)CNc1nc2cc(N)ccc2o1. The minimum atomic E-state index is 0.499. The smallest absolute Gasteiger partial charge is 0.295 e. The molecule has 0 spiro atoms. The summed E-state index contributed by atoms with van der Waals surface area (Å²) in [7, 11) is 0. The maximum atomic E-state index is 5.64. The molecule has 1 heterocycles. The van der Waals surface area contributed by atoms with Crippen LogP contribution in [0.4, 0.5) is 11.7 Å². The van der Waals surface area contributed by atoms with Crippen molar-refractivity contribution in [1.29, 1.82) is 0 Å². The Morgan fingerprint density at radius 1 is 1.60 bits per heavy atom. The Balaban J connectivity index is 2.27. The molecule has 0 atom stereocenters. The van der Waals surface area contributed by atoms with Gasteiger partial charge in [-0.15, -0.1) is 0 Å². The second-order valence-corrected chi connectivity index (χ2v) is 3.56. The Morgan fingerprint density at radius 3 is 3.13 bits per heavy atom. The number of benzene rings is 1. The predicted octanol–water partition coefficient (Wildman–Crippen LogP) is 2.40. The first-order valence-electron chi connectivity index (χ1n) is 4.69. The molecule has 3 N–H and O–H groups in total. The average molecular weight is 203 g/mol. The van der Waals surface area contributed by atoms with Crippen LogP contribution in [0.15, 0.2) is 34.8 Å². The molecule has 78 valence electrons. The lowest BCUT2D eigenvalue weighted by atomic mass is 10.3. The summed E-state index contributed by atoms with van der Waals surface area (Å²) in [5.41, 5.74) is 8.84. The van der Waals surface area contributed by atoms with Gasteiger partial charge in [0.05, 0.1) is 0 Å². The molecule has 0 saturated carbocycles. The summed E-state index contributed by atoms with van der Waals surface area (Å²) in [4.78, 5) is 4.25. The third-order valence-electron chi connectivity index (χ3n) is 1.95. The van der Waals surface area contributed by atoms with Crippen LogP contribution in [0, 0.1) is 0 Å². The molecule has 0 amide bonds. The fraction of sp³-hybridized carbons (Fsp3) is 0.182. The van der Waals surface area contributed by atoms with Gasteiger partial charge in [0.25, 0.3) is 6.01 Å². The van der Waals surface area contributed by atoms with Crippen molar-refractivity contribution < 1.29 is 4.42 Å². The summed E-state index contributed by atoms with van der Waals surface area (Å²) >= 11 is 0. The van der Waals surface area contributed by atoms with E-state index in [1.807, 2.05) is 13.0 Å². The standard InChI is InChI=1S/C11H13N3O/c1-7(2)6-13-11-14-9-5-8(12)3-4-10(9)15-11/h3-5H,1,6,12H2,2H3,(H,13,14). The number of rotatable bonds is 3. The highest BCUT2D eigenvalue weighted by Crippen LogP contribution is 2.20. The van der Waals surface area contributed by atoms with Crippen molar-refractivity contribution in [2.24, 2.45) is 0 Å². The minimum Gasteiger partial charge on any atom is -0.424 e. The van der Waals surface area contributed by atoms with Crippen molar-refractivity contribution in [2.45, 2.75) is 6.92 Å². The molecule has 1 aromatic heterocycles. The number of nitrogens with one attached hydrogen (secondary N) is 1. The number of aromatic nitrogens is 1. The highest BCUT2D eigenvalue weighted by molar-refractivity contribution is 5.78. The normalized spacial score (nSPS) is 10.5. The molecule has 0 bridgehead atoms. The second kappa shape index (κ2) is 3.65. The third kappa shape index (κ3) is 2.10. The lowest BCUT2D eigenvalue weighted by molar-refractivity contribution is 0.617. The number of hydrogen-bond donors (Lipinski definition) is 2. The summed E-state index contributed by atoms with van der Waals surface area (Å²) < 4.78 is 5.45. The molecule has 1 aromatic carbocycles. The second-order valence-electron chi connectivity index (χ2n) is 3.56. The first kappa shape index (κ1) is 9.58. The molecule has 0 saturated heterocycles. The van der Waals surface area contributed by atoms with Crippen molar-refractivity contribution in [3.05, 3.63) is 30.4 Å². The van der Waals surface area contributed by atoms with Crippen molar-refractivity contribution in [1.82, 2.24) is 4.98 Å². The Labute approximate surface area is 87.8 Å². The molecule has 0 aliphatic carbocycles. The van der Waals surface area contributed by atoms with Gasteiger partial charge in [-0.2, -0.15) is 4.98 Å². The van der Waals surface area contributed by atoms with Crippen LogP contribution in [0.5, 0.6) is 0 Å². The summed E-state index contributed by atoms with van der Waals surface area (Å²) in [6, 6.07) is 5.88. The van der Waals surface area contributed by atoms with Gasteiger partial charge in [0.2, 0.25) is 0 Å². The molecule has 0 aliphatic rings. The first-order chi connectivity index (χ1) is 7.15. The monoisotopic (exact) mass is 203 g/mol. The number of oxazole rings is 1. The fourth-order valence-corrected chi connectivity index (χ4v) is 1.25. The Morgan fingerprint density at radius 2 is 2.40 bits per heavy atom. The number of fused-ring (bicyclic) bond motifs is 1. The van der Waals surface area contributed by atoms with Crippen LogP contribution in [0.2, 0.25) is 0 Å². The molecule has 15 heavy (non-hydrogen) atoms. The highest BCUT2D eigenvalue weighted by atomic mass is 16.4. The van der Waals surface area contributed by atoms with Gasteiger partial charge in [-0.25, -0.2) is 0 Å². The van der Waals surface area contributed by atoms with E-state index in [0.717, 1.165) is 16.7 Å². The molecule has 4 heteroatoms. The van der Waals surface area contributed by atoms with E-state index in [2.05, 4.69) is 16.9 Å². The van der Waals surface area contributed by atoms with Gasteiger partial charge in [0.15, 0.2) is 5.58 Å². The maximum Gasteiger partial charge on any atom is 0.295 e. The molecule has 2 aromatic rings.